The predicted octanol–water partition coefficient (Wildman–Crippen LogP) is 2.48. The van der Waals surface area contributed by atoms with E-state index in [4.69, 9.17) is 0 Å². The Hall–Kier alpha value is -2.16. The number of amides is 1. The van der Waals surface area contributed by atoms with E-state index < -0.39 is 6.04 Å². The standard InChI is InChI=1S/C17H16NO2/c19-12-16(18-9-3-6-17(18)20)11-13-7-8-14-4-1-2-5-15(14)10-13/h1-2,4-5,7-8,10,16H,3,6,9,11H2/t16-/m1/s1. The largest absolute Gasteiger partial charge is 0.332 e. The van der Waals surface area contributed by atoms with Crippen LogP contribution in [0, 0.1) is 0 Å². The second-order valence-electron chi connectivity index (χ2n) is 5.21. The second-order valence-corrected chi connectivity index (χ2v) is 5.21. The molecule has 0 aliphatic carbocycles. The first kappa shape index (κ1) is 12.9. The third kappa shape index (κ3) is 2.44. The van der Waals surface area contributed by atoms with Gasteiger partial charge in [-0.2, -0.15) is 0 Å². The van der Waals surface area contributed by atoms with Crippen LogP contribution in [0.2, 0.25) is 0 Å². The second kappa shape index (κ2) is 5.45. The molecule has 1 aliphatic rings. The molecule has 0 bridgehead atoms. The molecule has 1 radical (unpaired) electrons. The van der Waals surface area contributed by atoms with Crippen LogP contribution in [0.5, 0.6) is 0 Å². The van der Waals surface area contributed by atoms with Crippen LogP contribution in [0.1, 0.15) is 18.4 Å². The van der Waals surface area contributed by atoms with E-state index in [-0.39, 0.29) is 5.91 Å². The molecule has 0 unspecified atom stereocenters. The summed E-state index contributed by atoms with van der Waals surface area (Å²) in [6.07, 6.45) is 3.96. The molecule has 3 rings (SSSR count). The van der Waals surface area contributed by atoms with Crippen molar-refractivity contribution in [1.82, 2.24) is 4.90 Å². The Labute approximate surface area is 118 Å². The summed E-state index contributed by atoms with van der Waals surface area (Å²) >= 11 is 0. The van der Waals surface area contributed by atoms with E-state index in [0.717, 1.165) is 17.4 Å². The highest BCUT2D eigenvalue weighted by molar-refractivity contribution is 5.84. The summed E-state index contributed by atoms with van der Waals surface area (Å²) in [6, 6.07) is 13.8. The molecular formula is C17H16NO2. The number of hydrogen-bond donors (Lipinski definition) is 0. The Kier molecular flexibility index (Phi) is 3.50. The lowest BCUT2D eigenvalue weighted by atomic mass is 10.0. The molecule has 2 aromatic rings. The lowest BCUT2D eigenvalue weighted by Gasteiger charge is -2.22. The molecule has 1 aliphatic heterocycles. The minimum Gasteiger partial charge on any atom is -0.332 e. The number of nitrogens with zero attached hydrogens (tertiary/aromatic N) is 1. The van der Waals surface area contributed by atoms with Gasteiger partial charge in [0.15, 0.2) is 0 Å². The number of fused-ring (bicyclic) bond motifs is 1. The first-order valence-corrected chi connectivity index (χ1v) is 6.93. The van der Waals surface area contributed by atoms with E-state index in [1.165, 1.54) is 5.39 Å². The van der Waals surface area contributed by atoms with Crippen molar-refractivity contribution in [2.45, 2.75) is 25.3 Å². The molecule has 0 saturated carbocycles. The summed E-state index contributed by atoms with van der Waals surface area (Å²) < 4.78 is 0. The molecule has 1 saturated heterocycles. The molecule has 1 fully saturated rings. The summed E-state index contributed by atoms with van der Waals surface area (Å²) in [4.78, 5) is 24.6. The van der Waals surface area contributed by atoms with Gasteiger partial charge in [-0.3, -0.25) is 9.59 Å². The molecule has 1 heterocycles. The molecule has 0 spiro atoms. The van der Waals surface area contributed by atoms with E-state index in [9.17, 15) is 9.59 Å². The van der Waals surface area contributed by atoms with Crippen molar-refractivity contribution in [2.24, 2.45) is 0 Å². The maximum Gasteiger partial charge on any atom is 0.223 e. The quantitative estimate of drug-likeness (QED) is 0.852. The average molecular weight is 266 g/mol. The molecule has 20 heavy (non-hydrogen) atoms. The number of carbonyl (C=O) groups is 1. The highest BCUT2D eigenvalue weighted by atomic mass is 16.2. The number of carbonyl (C=O) groups excluding carboxylic acids is 2. The van der Waals surface area contributed by atoms with Crippen LogP contribution in [-0.2, 0) is 16.0 Å². The smallest absolute Gasteiger partial charge is 0.223 e. The molecule has 2 aromatic carbocycles. The van der Waals surface area contributed by atoms with Gasteiger partial charge in [0.05, 0.1) is 0 Å². The molecule has 3 heteroatoms. The third-order valence-corrected chi connectivity index (χ3v) is 3.87. The van der Waals surface area contributed by atoms with Gasteiger partial charge in [-0.1, -0.05) is 42.5 Å². The van der Waals surface area contributed by atoms with Crippen LogP contribution in [0.3, 0.4) is 0 Å². The Morgan fingerprint density at radius 2 is 1.95 bits per heavy atom. The Bertz CT molecular complexity index is 650. The van der Waals surface area contributed by atoms with E-state index >= 15 is 0 Å². The van der Waals surface area contributed by atoms with Crippen LogP contribution in [-0.4, -0.2) is 29.7 Å². The highest BCUT2D eigenvalue weighted by Crippen LogP contribution is 2.19. The monoisotopic (exact) mass is 266 g/mol. The van der Waals surface area contributed by atoms with Gasteiger partial charge < -0.3 is 4.90 Å². The molecule has 1 atom stereocenters. The maximum atomic E-state index is 11.7. The highest BCUT2D eigenvalue weighted by Gasteiger charge is 2.28. The van der Waals surface area contributed by atoms with Gasteiger partial charge in [0, 0.05) is 19.4 Å². The minimum absolute atomic E-state index is 0.0686. The van der Waals surface area contributed by atoms with Crippen molar-refractivity contribution in [3.63, 3.8) is 0 Å². The fourth-order valence-electron chi connectivity index (χ4n) is 2.80. The Morgan fingerprint density at radius 1 is 1.15 bits per heavy atom. The van der Waals surface area contributed by atoms with Crippen molar-refractivity contribution in [1.29, 1.82) is 0 Å². The van der Waals surface area contributed by atoms with Crippen molar-refractivity contribution >= 4 is 23.0 Å². The molecule has 3 nitrogen and oxygen atoms in total. The average Bonchev–Trinajstić information content (AvgIpc) is 2.91. The van der Waals surface area contributed by atoms with Crippen LogP contribution in [0.25, 0.3) is 10.8 Å². The van der Waals surface area contributed by atoms with Crippen molar-refractivity contribution in [3.8, 4) is 0 Å². The fraction of sp³-hybridized carbons (Fsp3) is 0.294. The van der Waals surface area contributed by atoms with Crippen LogP contribution < -0.4 is 0 Å². The van der Waals surface area contributed by atoms with Crippen molar-refractivity contribution in [2.75, 3.05) is 6.54 Å². The van der Waals surface area contributed by atoms with E-state index in [2.05, 4.69) is 24.3 Å². The van der Waals surface area contributed by atoms with E-state index in [1.54, 1.807) is 4.90 Å². The van der Waals surface area contributed by atoms with Gasteiger partial charge >= 0.3 is 0 Å². The lowest BCUT2D eigenvalue weighted by Crippen LogP contribution is -2.38. The molecule has 101 valence electrons. The Morgan fingerprint density at radius 3 is 2.65 bits per heavy atom. The summed E-state index contributed by atoms with van der Waals surface area (Å²) in [6.45, 7) is 0.673. The zero-order chi connectivity index (χ0) is 13.9. The van der Waals surface area contributed by atoms with Gasteiger partial charge in [-0.25, -0.2) is 0 Å². The predicted molar refractivity (Wildman–Crippen MR) is 78.1 cm³/mol. The number of rotatable bonds is 4. The van der Waals surface area contributed by atoms with E-state index in [0.29, 0.717) is 19.4 Å². The normalized spacial score (nSPS) is 16.6. The van der Waals surface area contributed by atoms with Gasteiger partial charge in [0.1, 0.15) is 6.04 Å². The summed E-state index contributed by atoms with van der Waals surface area (Å²) in [5.74, 6) is 0.0686. The fourth-order valence-corrected chi connectivity index (χ4v) is 2.80. The van der Waals surface area contributed by atoms with Gasteiger partial charge in [0.2, 0.25) is 12.2 Å². The van der Waals surface area contributed by atoms with Crippen molar-refractivity contribution in [3.05, 3.63) is 48.0 Å². The molecule has 0 N–H and O–H groups in total. The number of hydrogen-bond acceptors (Lipinski definition) is 2. The van der Waals surface area contributed by atoms with Crippen molar-refractivity contribution < 1.29 is 9.59 Å². The van der Waals surface area contributed by atoms with E-state index in [1.807, 2.05) is 24.5 Å². The van der Waals surface area contributed by atoms with Crippen LogP contribution in [0.15, 0.2) is 42.5 Å². The molecular weight excluding hydrogens is 250 g/mol. The summed E-state index contributed by atoms with van der Waals surface area (Å²) in [7, 11) is 0. The number of benzene rings is 2. The van der Waals surface area contributed by atoms with Crippen LogP contribution >= 0.6 is 0 Å². The zero-order valence-corrected chi connectivity index (χ0v) is 11.2. The summed E-state index contributed by atoms with van der Waals surface area (Å²) in [5.41, 5.74) is 1.07. The zero-order valence-electron chi connectivity index (χ0n) is 11.2. The SMILES string of the molecule is O=[C][C@@H](Cc1ccc2ccccc2c1)N1CCCC1=O. The van der Waals surface area contributed by atoms with Gasteiger partial charge in [-0.05, 0) is 22.8 Å². The van der Waals surface area contributed by atoms with Gasteiger partial charge in [0.25, 0.3) is 0 Å². The first-order chi connectivity index (χ1) is 9.78. The lowest BCUT2D eigenvalue weighted by molar-refractivity contribution is -0.128. The van der Waals surface area contributed by atoms with Gasteiger partial charge in [-0.15, -0.1) is 0 Å². The minimum atomic E-state index is -0.453. The number of likely N-dealkylation sites (tertiary alicyclic amines) is 1. The van der Waals surface area contributed by atoms with Crippen LogP contribution in [0.4, 0.5) is 0 Å². The summed E-state index contributed by atoms with van der Waals surface area (Å²) in [5, 5.41) is 2.34. The topological polar surface area (TPSA) is 37.4 Å². The third-order valence-electron chi connectivity index (χ3n) is 3.87. The Balaban J connectivity index is 1.83. The molecule has 1 amide bonds. The maximum absolute atomic E-state index is 11.7. The molecule has 0 aromatic heterocycles. The first-order valence-electron chi connectivity index (χ1n) is 6.93.